The quantitative estimate of drug-likeness (QED) is 0.889. The molecule has 1 heterocycles. The molecule has 0 saturated heterocycles. The van der Waals surface area contributed by atoms with Gasteiger partial charge in [0, 0.05) is 11.3 Å². The van der Waals surface area contributed by atoms with E-state index in [9.17, 15) is 18.4 Å². The van der Waals surface area contributed by atoms with Gasteiger partial charge in [-0.3, -0.25) is 9.59 Å². The molecule has 0 aliphatic carbocycles. The summed E-state index contributed by atoms with van der Waals surface area (Å²) in [5.41, 5.74) is 1.02. The number of amides is 2. The Hall–Kier alpha value is -3.16. The van der Waals surface area contributed by atoms with Crippen LogP contribution in [-0.2, 0) is 4.79 Å². The van der Waals surface area contributed by atoms with E-state index in [-0.39, 0.29) is 17.2 Å². The number of carbonyl (C=O) groups is 2. The second kappa shape index (κ2) is 6.76. The van der Waals surface area contributed by atoms with E-state index in [0.29, 0.717) is 17.1 Å². The number of carbonyl (C=O) groups excluding carboxylic acids is 2. The van der Waals surface area contributed by atoms with Crippen molar-refractivity contribution in [1.82, 2.24) is 0 Å². The molecule has 0 bridgehead atoms. The van der Waals surface area contributed by atoms with E-state index in [2.05, 4.69) is 15.4 Å². The largest absolute Gasteiger partial charge is 0.479 e. The van der Waals surface area contributed by atoms with E-state index in [1.807, 2.05) is 0 Å². The number of benzene rings is 2. The molecule has 0 unspecified atom stereocenters. The average molecular weight is 348 g/mol. The number of rotatable bonds is 4. The first kappa shape index (κ1) is 16.7. The zero-order valence-corrected chi connectivity index (χ0v) is 13.1. The van der Waals surface area contributed by atoms with Crippen LogP contribution in [0.1, 0.15) is 17.3 Å². The maximum Gasteiger partial charge on any atom is 0.387 e. The molecule has 0 fully saturated rings. The van der Waals surface area contributed by atoms with Gasteiger partial charge in [0.25, 0.3) is 11.8 Å². The van der Waals surface area contributed by atoms with Gasteiger partial charge in [-0.05, 0) is 43.3 Å². The zero-order chi connectivity index (χ0) is 18.0. The minimum atomic E-state index is -2.97. The summed E-state index contributed by atoms with van der Waals surface area (Å²) in [6.07, 6.45) is -0.592. The molecule has 2 N–H and O–H groups in total. The van der Waals surface area contributed by atoms with E-state index in [1.165, 1.54) is 24.3 Å². The number of hydrogen-bond acceptors (Lipinski definition) is 4. The molecule has 2 aromatic rings. The standard InChI is InChI=1S/C17H14F2N2O4/c1-9-15(22)21-13-8-11(5-6-14(13)24-9)20-16(23)10-3-2-4-12(7-10)25-17(18)19/h2-9,17H,1H3,(H,20,23)(H,21,22)/t9-/m1/s1. The van der Waals surface area contributed by atoms with Gasteiger partial charge in [-0.25, -0.2) is 0 Å². The Balaban J connectivity index is 1.75. The first-order valence-electron chi connectivity index (χ1n) is 7.40. The van der Waals surface area contributed by atoms with Crippen LogP contribution in [0.15, 0.2) is 42.5 Å². The minimum Gasteiger partial charge on any atom is -0.479 e. The second-order valence-corrected chi connectivity index (χ2v) is 5.32. The Bertz CT molecular complexity index is 826. The fourth-order valence-electron chi connectivity index (χ4n) is 2.30. The lowest BCUT2D eigenvalue weighted by Gasteiger charge is -2.23. The van der Waals surface area contributed by atoms with Crippen LogP contribution in [0, 0.1) is 0 Å². The Labute approximate surface area is 141 Å². The maximum absolute atomic E-state index is 12.3. The molecule has 0 spiro atoms. The molecule has 0 radical (unpaired) electrons. The van der Waals surface area contributed by atoms with Crippen molar-refractivity contribution in [1.29, 1.82) is 0 Å². The van der Waals surface area contributed by atoms with Crippen LogP contribution in [0.2, 0.25) is 0 Å². The third kappa shape index (κ3) is 3.85. The van der Waals surface area contributed by atoms with Gasteiger partial charge in [0.2, 0.25) is 0 Å². The molecule has 3 rings (SSSR count). The molecule has 1 aliphatic rings. The first-order chi connectivity index (χ1) is 11.9. The van der Waals surface area contributed by atoms with Gasteiger partial charge < -0.3 is 20.1 Å². The smallest absolute Gasteiger partial charge is 0.387 e. The number of ether oxygens (including phenoxy) is 2. The minimum absolute atomic E-state index is 0.109. The van der Waals surface area contributed by atoms with Crippen LogP contribution in [0.4, 0.5) is 20.2 Å². The first-order valence-corrected chi connectivity index (χ1v) is 7.40. The number of anilines is 2. The van der Waals surface area contributed by atoms with Crippen LogP contribution in [0.25, 0.3) is 0 Å². The van der Waals surface area contributed by atoms with Crippen molar-refractivity contribution in [3.05, 3.63) is 48.0 Å². The zero-order valence-electron chi connectivity index (χ0n) is 13.1. The van der Waals surface area contributed by atoms with Crippen molar-refractivity contribution in [2.24, 2.45) is 0 Å². The van der Waals surface area contributed by atoms with Crippen molar-refractivity contribution in [3.8, 4) is 11.5 Å². The Morgan fingerprint density at radius 3 is 2.84 bits per heavy atom. The van der Waals surface area contributed by atoms with Crippen molar-refractivity contribution in [2.75, 3.05) is 10.6 Å². The van der Waals surface area contributed by atoms with Gasteiger partial charge in [0.1, 0.15) is 11.5 Å². The highest BCUT2D eigenvalue weighted by atomic mass is 19.3. The molecule has 1 aliphatic heterocycles. The number of hydrogen-bond donors (Lipinski definition) is 2. The lowest BCUT2D eigenvalue weighted by atomic mass is 10.1. The summed E-state index contributed by atoms with van der Waals surface area (Å²) in [6.45, 7) is -1.34. The Kier molecular flexibility index (Phi) is 4.51. The summed E-state index contributed by atoms with van der Waals surface area (Å²) in [6, 6.07) is 10.2. The molecule has 8 heteroatoms. The highest BCUT2D eigenvalue weighted by Gasteiger charge is 2.23. The van der Waals surface area contributed by atoms with Gasteiger partial charge in [-0.1, -0.05) is 6.07 Å². The highest BCUT2D eigenvalue weighted by molar-refractivity contribution is 6.05. The lowest BCUT2D eigenvalue weighted by Crippen LogP contribution is -2.34. The molecule has 25 heavy (non-hydrogen) atoms. The van der Waals surface area contributed by atoms with E-state index in [0.717, 1.165) is 0 Å². The average Bonchev–Trinajstić information content (AvgIpc) is 2.56. The summed E-state index contributed by atoms with van der Waals surface area (Å²) in [5.74, 6) is -0.399. The maximum atomic E-state index is 12.3. The molecular formula is C17H14F2N2O4. The van der Waals surface area contributed by atoms with E-state index in [1.54, 1.807) is 25.1 Å². The summed E-state index contributed by atoms with van der Waals surface area (Å²) in [7, 11) is 0. The third-order valence-electron chi connectivity index (χ3n) is 3.49. The summed E-state index contributed by atoms with van der Waals surface area (Å²) >= 11 is 0. The predicted octanol–water partition coefficient (Wildman–Crippen LogP) is 3.26. The fourth-order valence-corrected chi connectivity index (χ4v) is 2.30. The summed E-state index contributed by atoms with van der Waals surface area (Å²) in [5, 5.41) is 5.30. The SMILES string of the molecule is C[C@H]1Oc2ccc(NC(=O)c3cccc(OC(F)F)c3)cc2NC1=O. The van der Waals surface area contributed by atoms with Crippen LogP contribution >= 0.6 is 0 Å². The molecule has 1 atom stereocenters. The van der Waals surface area contributed by atoms with Crippen LogP contribution in [0.5, 0.6) is 11.5 Å². The second-order valence-electron chi connectivity index (χ2n) is 5.32. The Morgan fingerprint density at radius 2 is 2.08 bits per heavy atom. The van der Waals surface area contributed by atoms with Gasteiger partial charge >= 0.3 is 6.61 Å². The fraction of sp³-hybridized carbons (Fsp3) is 0.176. The van der Waals surface area contributed by atoms with E-state index < -0.39 is 18.6 Å². The molecule has 0 saturated carbocycles. The van der Waals surface area contributed by atoms with E-state index in [4.69, 9.17) is 4.74 Å². The van der Waals surface area contributed by atoms with Crippen molar-refractivity contribution >= 4 is 23.2 Å². The Morgan fingerprint density at radius 1 is 1.28 bits per heavy atom. The van der Waals surface area contributed by atoms with Crippen molar-refractivity contribution in [2.45, 2.75) is 19.6 Å². The van der Waals surface area contributed by atoms with Crippen molar-refractivity contribution in [3.63, 3.8) is 0 Å². The van der Waals surface area contributed by atoms with E-state index >= 15 is 0 Å². The number of halogens is 2. The normalized spacial score (nSPS) is 15.8. The lowest BCUT2D eigenvalue weighted by molar-refractivity contribution is -0.122. The molecule has 2 aromatic carbocycles. The predicted molar refractivity (Wildman–Crippen MR) is 86.2 cm³/mol. The molecular weight excluding hydrogens is 334 g/mol. The summed E-state index contributed by atoms with van der Waals surface area (Å²) < 4.78 is 34.2. The summed E-state index contributed by atoms with van der Waals surface area (Å²) in [4.78, 5) is 23.9. The number of alkyl halides is 2. The van der Waals surface area contributed by atoms with Gasteiger partial charge in [-0.2, -0.15) is 8.78 Å². The topological polar surface area (TPSA) is 76.7 Å². The molecule has 0 aromatic heterocycles. The van der Waals surface area contributed by atoms with Gasteiger partial charge in [0.15, 0.2) is 6.10 Å². The van der Waals surface area contributed by atoms with Gasteiger partial charge in [-0.15, -0.1) is 0 Å². The van der Waals surface area contributed by atoms with Crippen molar-refractivity contribution < 1.29 is 27.8 Å². The molecule has 2 amide bonds. The molecule has 130 valence electrons. The monoisotopic (exact) mass is 348 g/mol. The van der Waals surface area contributed by atoms with Crippen LogP contribution < -0.4 is 20.1 Å². The molecule has 6 nitrogen and oxygen atoms in total. The number of nitrogens with one attached hydrogen (secondary N) is 2. The third-order valence-corrected chi connectivity index (χ3v) is 3.49. The van der Waals surface area contributed by atoms with Crippen LogP contribution in [-0.4, -0.2) is 24.5 Å². The van der Waals surface area contributed by atoms with Gasteiger partial charge in [0.05, 0.1) is 5.69 Å². The highest BCUT2D eigenvalue weighted by Crippen LogP contribution is 2.32. The number of fused-ring (bicyclic) bond motifs is 1. The van der Waals surface area contributed by atoms with Crippen LogP contribution in [0.3, 0.4) is 0 Å².